The molecule has 0 saturated heterocycles. The van der Waals surface area contributed by atoms with Crippen molar-refractivity contribution >= 4 is 16.6 Å². The average Bonchev–Trinajstić information content (AvgIpc) is 3.34. The van der Waals surface area contributed by atoms with Crippen LogP contribution < -0.4 is 5.73 Å². The van der Waals surface area contributed by atoms with E-state index >= 15 is 0 Å². The molecular weight excluding hydrogens is 410 g/mol. The summed E-state index contributed by atoms with van der Waals surface area (Å²) in [5.41, 5.74) is 13.2. The number of pyridine rings is 2. The second kappa shape index (κ2) is 7.89. The SMILES string of the molecule is NCc1ccc(-c2nc3ccn4c(-c5cnccn5)nnc4c3cc2-c2ccccc2)cc1. The van der Waals surface area contributed by atoms with Crippen molar-refractivity contribution in [3.8, 4) is 33.9 Å². The van der Waals surface area contributed by atoms with Crippen molar-refractivity contribution in [3.05, 3.63) is 97.1 Å². The largest absolute Gasteiger partial charge is 0.326 e. The van der Waals surface area contributed by atoms with Crippen LogP contribution in [0.15, 0.2) is 91.5 Å². The topological polar surface area (TPSA) is 94.9 Å². The molecular formula is C26H19N7. The number of nitrogens with two attached hydrogens (primary N) is 1. The maximum Gasteiger partial charge on any atom is 0.188 e. The average molecular weight is 429 g/mol. The number of hydrogen-bond acceptors (Lipinski definition) is 6. The molecule has 2 N–H and O–H groups in total. The van der Waals surface area contributed by atoms with E-state index in [-0.39, 0.29) is 0 Å². The second-order valence-corrected chi connectivity index (χ2v) is 7.71. The van der Waals surface area contributed by atoms with Gasteiger partial charge in [0.2, 0.25) is 0 Å². The molecule has 158 valence electrons. The van der Waals surface area contributed by atoms with Crippen LogP contribution in [0.2, 0.25) is 0 Å². The molecule has 0 atom stereocenters. The Kier molecular flexibility index (Phi) is 4.59. The molecule has 0 unspecified atom stereocenters. The molecule has 2 aromatic carbocycles. The predicted molar refractivity (Wildman–Crippen MR) is 128 cm³/mol. The zero-order valence-corrected chi connectivity index (χ0v) is 17.6. The molecule has 0 aliphatic rings. The van der Waals surface area contributed by atoms with Crippen LogP contribution in [0, 0.1) is 0 Å². The van der Waals surface area contributed by atoms with Crippen molar-refractivity contribution in [2.24, 2.45) is 5.73 Å². The van der Waals surface area contributed by atoms with E-state index in [1.807, 2.05) is 47.0 Å². The van der Waals surface area contributed by atoms with Gasteiger partial charge in [-0.1, -0.05) is 54.6 Å². The first-order valence-electron chi connectivity index (χ1n) is 10.6. The third-order valence-electron chi connectivity index (χ3n) is 5.71. The summed E-state index contributed by atoms with van der Waals surface area (Å²) in [6.45, 7) is 0.510. The van der Waals surface area contributed by atoms with Crippen molar-refractivity contribution in [2.45, 2.75) is 6.54 Å². The molecule has 0 spiro atoms. The maximum absolute atomic E-state index is 5.79. The lowest BCUT2D eigenvalue weighted by Crippen LogP contribution is -1.97. The molecule has 6 rings (SSSR count). The van der Waals surface area contributed by atoms with Gasteiger partial charge in [-0.2, -0.15) is 0 Å². The van der Waals surface area contributed by atoms with E-state index in [9.17, 15) is 0 Å². The van der Waals surface area contributed by atoms with Crippen molar-refractivity contribution in [3.63, 3.8) is 0 Å². The minimum atomic E-state index is 0.510. The Morgan fingerprint density at radius 3 is 2.45 bits per heavy atom. The van der Waals surface area contributed by atoms with E-state index in [2.05, 4.69) is 50.5 Å². The summed E-state index contributed by atoms with van der Waals surface area (Å²) >= 11 is 0. The number of rotatable bonds is 4. The molecule has 4 aromatic heterocycles. The highest BCUT2D eigenvalue weighted by Crippen LogP contribution is 2.35. The second-order valence-electron chi connectivity index (χ2n) is 7.71. The van der Waals surface area contributed by atoms with Gasteiger partial charge in [-0.05, 0) is 23.3 Å². The Labute approximate surface area is 189 Å². The van der Waals surface area contributed by atoms with E-state index in [0.29, 0.717) is 18.1 Å². The monoisotopic (exact) mass is 429 g/mol. The lowest BCUT2D eigenvalue weighted by atomic mass is 9.97. The first kappa shape index (κ1) is 19.2. The number of benzene rings is 2. The Morgan fingerprint density at radius 1 is 0.848 bits per heavy atom. The van der Waals surface area contributed by atoms with Crippen LogP contribution in [0.3, 0.4) is 0 Å². The van der Waals surface area contributed by atoms with Gasteiger partial charge in [-0.25, -0.2) is 9.97 Å². The van der Waals surface area contributed by atoms with Gasteiger partial charge in [-0.15, -0.1) is 10.2 Å². The number of aromatic nitrogens is 6. The lowest BCUT2D eigenvalue weighted by molar-refractivity contribution is 1.07. The van der Waals surface area contributed by atoms with Crippen LogP contribution in [0.5, 0.6) is 0 Å². The first-order chi connectivity index (χ1) is 16.3. The molecule has 0 amide bonds. The Bertz CT molecular complexity index is 1570. The molecule has 0 fully saturated rings. The van der Waals surface area contributed by atoms with Gasteiger partial charge in [0.25, 0.3) is 0 Å². The lowest BCUT2D eigenvalue weighted by Gasteiger charge is -2.12. The van der Waals surface area contributed by atoms with E-state index in [4.69, 9.17) is 10.7 Å². The highest BCUT2D eigenvalue weighted by Gasteiger charge is 2.16. The molecule has 0 aliphatic carbocycles. The molecule has 4 heterocycles. The molecule has 33 heavy (non-hydrogen) atoms. The third-order valence-corrected chi connectivity index (χ3v) is 5.71. The smallest absolute Gasteiger partial charge is 0.188 e. The van der Waals surface area contributed by atoms with Crippen LogP contribution in [-0.2, 0) is 6.54 Å². The van der Waals surface area contributed by atoms with Crippen molar-refractivity contribution in [1.29, 1.82) is 0 Å². The van der Waals surface area contributed by atoms with Crippen molar-refractivity contribution in [1.82, 2.24) is 29.5 Å². The Morgan fingerprint density at radius 2 is 1.70 bits per heavy atom. The highest BCUT2D eigenvalue weighted by atomic mass is 15.3. The Hall–Kier alpha value is -4.49. The summed E-state index contributed by atoms with van der Waals surface area (Å²) in [5.74, 6) is 0.641. The summed E-state index contributed by atoms with van der Waals surface area (Å²) in [4.78, 5) is 13.6. The molecule has 7 heteroatoms. The fraction of sp³-hybridized carbons (Fsp3) is 0.0385. The van der Waals surface area contributed by atoms with Gasteiger partial charge >= 0.3 is 0 Å². The van der Waals surface area contributed by atoms with Gasteiger partial charge in [-0.3, -0.25) is 9.38 Å². The van der Waals surface area contributed by atoms with Gasteiger partial charge in [0.15, 0.2) is 11.5 Å². The van der Waals surface area contributed by atoms with Crippen LogP contribution in [0.4, 0.5) is 0 Å². The van der Waals surface area contributed by atoms with E-state index < -0.39 is 0 Å². The van der Waals surface area contributed by atoms with E-state index in [1.165, 1.54) is 0 Å². The Balaban J connectivity index is 1.62. The maximum atomic E-state index is 5.79. The third kappa shape index (κ3) is 3.31. The summed E-state index contributed by atoms with van der Waals surface area (Å²) in [6.07, 6.45) is 6.90. The summed E-state index contributed by atoms with van der Waals surface area (Å²) in [6, 6.07) is 22.6. The summed E-state index contributed by atoms with van der Waals surface area (Å²) in [7, 11) is 0. The van der Waals surface area contributed by atoms with Crippen LogP contribution in [-0.4, -0.2) is 29.5 Å². The standard InChI is InChI=1S/C26H19N7/c27-15-17-6-8-19(9-7-17)24-20(18-4-2-1-3-5-18)14-21-22(30-24)10-13-33-25(21)31-32-26(33)23-16-28-11-12-29-23/h1-14,16H,15,27H2. The molecule has 0 aliphatic heterocycles. The number of fused-ring (bicyclic) bond motifs is 3. The molecule has 0 saturated carbocycles. The van der Waals surface area contributed by atoms with Crippen LogP contribution >= 0.6 is 0 Å². The molecule has 0 bridgehead atoms. The van der Waals surface area contributed by atoms with Crippen molar-refractivity contribution in [2.75, 3.05) is 0 Å². The van der Waals surface area contributed by atoms with Gasteiger partial charge in [0.1, 0.15) is 5.69 Å². The van der Waals surface area contributed by atoms with Gasteiger partial charge in [0, 0.05) is 41.6 Å². The fourth-order valence-electron chi connectivity index (χ4n) is 4.04. The zero-order chi connectivity index (χ0) is 22.2. The first-order valence-corrected chi connectivity index (χ1v) is 10.6. The van der Waals surface area contributed by atoms with E-state index in [0.717, 1.165) is 44.5 Å². The minimum Gasteiger partial charge on any atom is -0.326 e. The highest BCUT2D eigenvalue weighted by molar-refractivity contribution is 5.98. The molecule has 6 aromatic rings. The number of hydrogen-bond donors (Lipinski definition) is 1. The summed E-state index contributed by atoms with van der Waals surface area (Å²) < 4.78 is 1.93. The summed E-state index contributed by atoms with van der Waals surface area (Å²) in [5, 5.41) is 9.78. The number of nitrogens with zero attached hydrogens (tertiary/aromatic N) is 6. The van der Waals surface area contributed by atoms with Crippen molar-refractivity contribution < 1.29 is 0 Å². The quantitative estimate of drug-likeness (QED) is 0.442. The molecule has 7 nitrogen and oxygen atoms in total. The van der Waals surface area contributed by atoms with Gasteiger partial charge in [0.05, 0.1) is 17.4 Å². The predicted octanol–water partition coefficient (Wildman–Crippen LogP) is 4.53. The van der Waals surface area contributed by atoms with Gasteiger partial charge < -0.3 is 5.73 Å². The molecule has 0 radical (unpaired) electrons. The van der Waals surface area contributed by atoms with Crippen LogP contribution in [0.25, 0.3) is 50.5 Å². The zero-order valence-electron chi connectivity index (χ0n) is 17.6. The van der Waals surface area contributed by atoms with E-state index in [1.54, 1.807) is 18.6 Å². The minimum absolute atomic E-state index is 0.510. The normalized spacial score (nSPS) is 11.3. The fourth-order valence-corrected chi connectivity index (χ4v) is 4.04. The van der Waals surface area contributed by atoms with Crippen LogP contribution in [0.1, 0.15) is 5.56 Å².